The third-order valence-electron chi connectivity index (χ3n) is 2.46. The van der Waals surface area contributed by atoms with Crippen LogP contribution in [0.25, 0.3) is 0 Å². The zero-order valence-electron chi connectivity index (χ0n) is 9.33. The van der Waals surface area contributed by atoms with E-state index < -0.39 is 0 Å². The molecule has 0 bridgehead atoms. The first kappa shape index (κ1) is 11.2. The second-order valence-electron chi connectivity index (χ2n) is 3.86. The lowest BCUT2D eigenvalue weighted by molar-refractivity contribution is 0.452. The van der Waals surface area contributed by atoms with Crippen molar-refractivity contribution in [2.75, 3.05) is 0 Å². The highest BCUT2D eigenvalue weighted by Gasteiger charge is 2.07. The predicted molar refractivity (Wildman–Crippen MR) is 60.2 cm³/mol. The van der Waals surface area contributed by atoms with Gasteiger partial charge in [0.2, 0.25) is 0 Å². The Morgan fingerprint density at radius 2 is 1.93 bits per heavy atom. The van der Waals surface area contributed by atoms with E-state index in [2.05, 4.69) is 43.2 Å². The van der Waals surface area contributed by atoms with Gasteiger partial charge in [0.15, 0.2) is 0 Å². The van der Waals surface area contributed by atoms with Gasteiger partial charge in [-0.15, -0.1) is 0 Å². The quantitative estimate of drug-likeness (QED) is 0.776. The molecule has 0 aliphatic carbocycles. The molecule has 1 rings (SSSR count). The maximum absolute atomic E-state index is 4.02. The molecule has 1 N–H and O–H groups in total. The Bertz CT molecular complexity index is 246. The molecule has 78 valence electrons. The summed E-state index contributed by atoms with van der Waals surface area (Å²) in [6, 6.07) is 5.13. The number of nitrogens with zero attached hydrogens (tertiary/aromatic N) is 1. The van der Waals surface area contributed by atoms with E-state index in [0.717, 1.165) is 0 Å². The van der Waals surface area contributed by atoms with Crippen LogP contribution >= 0.6 is 0 Å². The Labute approximate surface area is 86.8 Å². The van der Waals surface area contributed by atoms with Gasteiger partial charge in [-0.25, -0.2) is 0 Å². The summed E-state index contributed by atoms with van der Waals surface area (Å²) >= 11 is 0. The van der Waals surface area contributed by atoms with Crippen LogP contribution in [0.5, 0.6) is 0 Å². The highest BCUT2D eigenvalue weighted by Crippen LogP contribution is 2.12. The third kappa shape index (κ3) is 3.46. The van der Waals surface area contributed by atoms with Crippen LogP contribution in [-0.4, -0.2) is 11.0 Å². The first-order valence-electron chi connectivity index (χ1n) is 5.40. The molecule has 14 heavy (non-hydrogen) atoms. The molecule has 0 aliphatic rings. The van der Waals surface area contributed by atoms with Crippen molar-refractivity contribution >= 4 is 0 Å². The van der Waals surface area contributed by atoms with Gasteiger partial charge >= 0.3 is 0 Å². The number of pyridine rings is 1. The van der Waals surface area contributed by atoms with Crippen molar-refractivity contribution in [2.45, 2.75) is 45.7 Å². The molecule has 2 nitrogen and oxygen atoms in total. The van der Waals surface area contributed by atoms with Crippen molar-refractivity contribution < 1.29 is 0 Å². The van der Waals surface area contributed by atoms with Crippen LogP contribution in [0.4, 0.5) is 0 Å². The number of rotatable bonds is 5. The van der Waals surface area contributed by atoms with Crippen molar-refractivity contribution in [3.8, 4) is 0 Å². The topological polar surface area (TPSA) is 24.9 Å². The molecule has 0 aliphatic heterocycles. The van der Waals surface area contributed by atoms with E-state index in [9.17, 15) is 0 Å². The van der Waals surface area contributed by atoms with Crippen molar-refractivity contribution in [1.82, 2.24) is 10.3 Å². The summed E-state index contributed by atoms with van der Waals surface area (Å²) in [6.07, 6.45) is 6.16. The Morgan fingerprint density at radius 1 is 1.29 bits per heavy atom. The number of hydrogen-bond acceptors (Lipinski definition) is 2. The minimum atomic E-state index is 0.416. The summed E-state index contributed by atoms with van der Waals surface area (Å²) in [5, 5.41) is 3.57. The van der Waals surface area contributed by atoms with Crippen LogP contribution in [0.3, 0.4) is 0 Å². The van der Waals surface area contributed by atoms with Crippen LogP contribution in [-0.2, 0) is 0 Å². The van der Waals surface area contributed by atoms with E-state index in [1.807, 2.05) is 12.4 Å². The van der Waals surface area contributed by atoms with E-state index in [1.165, 1.54) is 18.4 Å². The Balaban J connectivity index is 2.46. The molecule has 2 heteroatoms. The first-order chi connectivity index (χ1) is 6.74. The standard InChI is InChI=1S/C12H20N2/c1-4-5-10(2)14-11(3)12-6-8-13-9-7-12/h6-11,14H,4-5H2,1-3H3/t10?,11-/m0/s1. The molecule has 0 saturated carbocycles. The fourth-order valence-electron chi connectivity index (χ4n) is 1.69. The van der Waals surface area contributed by atoms with E-state index in [-0.39, 0.29) is 0 Å². The fourth-order valence-corrected chi connectivity index (χ4v) is 1.69. The molecular formula is C12H20N2. The Hall–Kier alpha value is -0.890. The predicted octanol–water partition coefficient (Wildman–Crippen LogP) is 2.92. The second kappa shape index (κ2) is 5.76. The summed E-state index contributed by atoms with van der Waals surface area (Å²) < 4.78 is 0. The van der Waals surface area contributed by atoms with E-state index in [4.69, 9.17) is 0 Å². The van der Waals surface area contributed by atoms with Gasteiger partial charge in [-0.1, -0.05) is 13.3 Å². The van der Waals surface area contributed by atoms with Gasteiger partial charge in [0.25, 0.3) is 0 Å². The average Bonchev–Trinajstić information content (AvgIpc) is 2.19. The van der Waals surface area contributed by atoms with Crippen LogP contribution in [0.15, 0.2) is 24.5 Å². The van der Waals surface area contributed by atoms with Gasteiger partial charge in [0.05, 0.1) is 0 Å². The average molecular weight is 192 g/mol. The molecule has 0 aromatic carbocycles. The second-order valence-corrected chi connectivity index (χ2v) is 3.86. The van der Waals surface area contributed by atoms with E-state index in [0.29, 0.717) is 12.1 Å². The monoisotopic (exact) mass is 192 g/mol. The van der Waals surface area contributed by atoms with Crippen LogP contribution < -0.4 is 5.32 Å². The normalized spacial score (nSPS) is 15.1. The molecular weight excluding hydrogens is 172 g/mol. The number of nitrogens with one attached hydrogen (secondary N) is 1. The zero-order chi connectivity index (χ0) is 10.4. The minimum Gasteiger partial charge on any atom is -0.308 e. The van der Waals surface area contributed by atoms with E-state index >= 15 is 0 Å². The van der Waals surface area contributed by atoms with Gasteiger partial charge < -0.3 is 5.32 Å². The third-order valence-corrected chi connectivity index (χ3v) is 2.46. The summed E-state index contributed by atoms with van der Waals surface area (Å²) in [5.74, 6) is 0. The van der Waals surface area contributed by atoms with Crippen molar-refractivity contribution in [3.63, 3.8) is 0 Å². The molecule has 1 aromatic rings. The molecule has 0 amide bonds. The van der Waals surface area contributed by atoms with Gasteiger partial charge in [0.1, 0.15) is 0 Å². The van der Waals surface area contributed by atoms with Gasteiger partial charge in [-0.3, -0.25) is 4.98 Å². The Kier molecular flexibility index (Phi) is 4.60. The molecule has 0 fully saturated rings. The van der Waals surface area contributed by atoms with Crippen LogP contribution in [0.2, 0.25) is 0 Å². The molecule has 2 atom stereocenters. The summed E-state index contributed by atoms with van der Waals surface area (Å²) in [5.41, 5.74) is 1.31. The number of aromatic nitrogens is 1. The minimum absolute atomic E-state index is 0.416. The zero-order valence-corrected chi connectivity index (χ0v) is 9.33. The highest BCUT2D eigenvalue weighted by molar-refractivity contribution is 5.13. The summed E-state index contributed by atoms with van der Waals surface area (Å²) in [4.78, 5) is 4.02. The maximum atomic E-state index is 4.02. The fraction of sp³-hybridized carbons (Fsp3) is 0.583. The van der Waals surface area contributed by atoms with E-state index in [1.54, 1.807) is 0 Å². The SMILES string of the molecule is CCCC(C)N[C@@H](C)c1ccncc1. The number of hydrogen-bond donors (Lipinski definition) is 1. The Morgan fingerprint density at radius 3 is 2.50 bits per heavy atom. The summed E-state index contributed by atoms with van der Waals surface area (Å²) in [6.45, 7) is 6.65. The largest absolute Gasteiger partial charge is 0.308 e. The van der Waals surface area contributed by atoms with Crippen molar-refractivity contribution in [3.05, 3.63) is 30.1 Å². The molecule has 1 unspecified atom stereocenters. The van der Waals surface area contributed by atoms with Crippen molar-refractivity contribution in [2.24, 2.45) is 0 Å². The van der Waals surface area contributed by atoms with Gasteiger partial charge in [0, 0.05) is 24.5 Å². The van der Waals surface area contributed by atoms with Crippen LogP contribution in [0, 0.1) is 0 Å². The van der Waals surface area contributed by atoms with Gasteiger partial charge in [-0.2, -0.15) is 0 Å². The van der Waals surface area contributed by atoms with Crippen molar-refractivity contribution in [1.29, 1.82) is 0 Å². The molecule has 1 aromatic heterocycles. The first-order valence-corrected chi connectivity index (χ1v) is 5.40. The molecule has 1 heterocycles. The molecule has 0 radical (unpaired) electrons. The lowest BCUT2D eigenvalue weighted by atomic mass is 10.1. The maximum Gasteiger partial charge on any atom is 0.0295 e. The van der Waals surface area contributed by atoms with Gasteiger partial charge in [-0.05, 0) is 38.0 Å². The molecule has 0 saturated heterocycles. The highest BCUT2D eigenvalue weighted by atomic mass is 14.9. The summed E-state index contributed by atoms with van der Waals surface area (Å²) in [7, 11) is 0. The molecule has 0 spiro atoms. The lowest BCUT2D eigenvalue weighted by Gasteiger charge is -2.19. The smallest absolute Gasteiger partial charge is 0.0295 e. The lowest BCUT2D eigenvalue weighted by Crippen LogP contribution is -2.28. The van der Waals surface area contributed by atoms with Crippen LogP contribution in [0.1, 0.15) is 45.2 Å².